The van der Waals surface area contributed by atoms with E-state index in [-0.39, 0.29) is 5.41 Å². The van der Waals surface area contributed by atoms with Gasteiger partial charge in [-0.2, -0.15) is 0 Å². The first-order valence-corrected chi connectivity index (χ1v) is 7.28. The maximum absolute atomic E-state index is 9.87. The van der Waals surface area contributed by atoms with Crippen molar-refractivity contribution >= 4 is 11.5 Å². The van der Waals surface area contributed by atoms with E-state index in [2.05, 4.69) is 9.88 Å². The fourth-order valence-corrected chi connectivity index (χ4v) is 3.36. The van der Waals surface area contributed by atoms with Gasteiger partial charge in [0.15, 0.2) is 0 Å². The average molecular weight is 261 g/mol. The van der Waals surface area contributed by atoms with Crippen LogP contribution in [0.4, 0.5) is 11.5 Å². The second-order valence-electron chi connectivity index (χ2n) is 6.27. The zero-order valence-corrected chi connectivity index (χ0v) is 11.4. The van der Waals surface area contributed by atoms with Crippen LogP contribution in [0.5, 0.6) is 0 Å². The maximum Gasteiger partial charge on any atom is 0.125 e. The number of pyridine rings is 1. The van der Waals surface area contributed by atoms with Gasteiger partial charge in [-0.25, -0.2) is 4.98 Å². The molecule has 1 saturated carbocycles. The molecule has 19 heavy (non-hydrogen) atoms. The van der Waals surface area contributed by atoms with Gasteiger partial charge in [0, 0.05) is 36.5 Å². The van der Waals surface area contributed by atoms with Gasteiger partial charge < -0.3 is 15.7 Å². The van der Waals surface area contributed by atoms with E-state index in [1.54, 1.807) is 6.20 Å². The molecule has 0 spiro atoms. The first-order valence-electron chi connectivity index (χ1n) is 7.28. The molecule has 1 aromatic rings. The monoisotopic (exact) mass is 261 g/mol. The van der Waals surface area contributed by atoms with Gasteiger partial charge in [0.2, 0.25) is 0 Å². The lowest BCUT2D eigenvalue weighted by Gasteiger charge is -2.43. The molecule has 2 fully saturated rings. The van der Waals surface area contributed by atoms with Crippen LogP contribution in [0, 0.1) is 11.3 Å². The summed E-state index contributed by atoms with van der Waals surface area (Å²) in [6.45, 7) is 2.31. The molecule has 1 aliphatic carbocycles. The second-order valence-corrected chi connectivity index (χ2v) is 6.27. The van der Waals surface area contributed by atoms with E-state index in [4.69, 9.17) is 5.73 Å². The molecule has 1 saturated heterocycles. The quantitative estimate of drug-likeness (QED) is 0.870. The van der Waals surface area contributed by atoms with E-state index in [0.29, 0.717) is 12.4 Å². The molecule has 104 valence electrons. The van der Waals surface area contributed by atoms with Crippen molar-refractivity contribution in [2.45, 2.75) is 32.1 Å². The Labute approximate surface area is 114 Å². The fourth-order valence-electron chi connectivity index (χ4n) is 3.36. The van der Waals surface area contributed by atoms with E-state index in [1.807, 2.05) is 12.1 Å². The van der Waals surface area contributed by atoms with Gasteiger partial charge in [-0.1, -0.05) is 12.8 Å². The van der Waals surface area contributed by atoms with E-state index in [1.165, 1.54) is 19.3 Å². The number of aromatic nitrogens is 1. The molecule has 0 bridgehead atoms. The fraction of sp³-hybridized carbons (Fsp3) is 0.667. The van der Waals surface area contributed by atoms with Crippen molar-refractivity contribution < 1.29 is 5.11 Å². The summed E-state index contributed by atoms with van der Waals surface area (Å²) in [7, 11) is 0. The number of piperidine rings is 1. The zero-order chi connectivity index (χ0) is 13.3. The highest BCUT2D eigenvalue weighted by molar-refractivity contribution is 5.52. The summed E-state index contributed by atoms with van der Waals surface area (Å²) in [5.74, 6) is 1.43. The number of nitrogens with two attached hydrogens (primary N) is 1. The van der Waals surface area contributed by atoms with Gasteiger partial charge in [-0.3, -0.25) is 0 Å². The minimum absolute atomic E-state index is 0.0947. The van der Waals surface area contributed by atoms with Crippen LogP contribution in [0.2, 0.25) is 0 Å². The third-order valence-corrected chi connectivity index (χ3v) is 4.55. The number of aliphatic hydroxyl groups excluding tert-OH is 1. The summed E-state index contributed by atoms with van der Waals surface area (Å²) in [6, 6.07) is 3.95. The Morgan fingerprint density at radius 2 is 2.32 bits per heavy atom. The molecule has 2 aliphatic rings. The van der Waals surface area contributed by atoms with Gasteiger partial charge in [0.05, 0.1) is 6.61 Å². The third kappa shape index (κ3) is 2.84. The Balaban J connectivity index is 1.75. The van der Waals surface area contributed by atoms with Crippen molar-refractivity contribution in [2.24, 2.45) is 11.3 Å². The Hall–Kier alpha value is -1.29. The molecule has 1 aliphatic heterocycles. The lowest BCUT2D eigenvalue weighted by atomic mass is 9.76. The van der Waals surface area contributed by atoms with Crippen LogP contribution in [0.25, 0.3) is 0 Å². The molecule has 0 aromatic carbocycles. The van der Waals surface area contributed by atoms with Crippen molar-refractivity contribution in [2.75, 3.05) is 30.3 Å². The molecule has 2 heterocycles. The first-order chi connectivity index (χ1) is 9.21. The van der Waals surface area contributed by atoms with Gasteiger partial charge >= 0.3 is 0 Å². The van der Waals surface area contributed by atoms with E-state index in [0.717, 1.165) is 37.5 Å². The van der Waals surface area contributed by atoms with Crippen LogP contribution in [-0.4, -0.2) is 29.8 Å². The van der Waals surface area contributed by atoms with Gasteiger partial charge in [0.25, 0.3) is 0 Å². The van der Waals surface area contributed by atoms with Crippen LogP contribution >= 0.6 is 0 Å². The molecule has 0 radical (unpaired) electrons. The third-order valence-electron chi connectivity index (χ3n) is 4.55. The summed E-state index contributed by atoms with van der Waals surface area (Å²) >= 11 is 0. The van der Waals surface area contributed by atoms with Crippen molar-refractivity contribution in [1.29, 1.82) is 0 Å². The number of hydrogen-bond donors (Lipinski definition) is 2. The molecule has 4 heteroatoms. The van der Waals surface area contributed by atoms with Gasteiger partial charge in [-0.05, 0) is 31.2 Å². The van der Waals surface area contributed by atoms with E-state index >= 15 is 0 Å². The summed E-state index contributed by atoms with van der Waals surface area (Å²) in [6.07, 6.45) is 7.95. The molecule has 3 rings (SSSR count). The molecule has 4 nitrogen and oxygen atoms in total. The topological polar surface area (TPSA) is 62.4 Å². The van der Waals surface area contributed by atoms with Crippen molar-refractivity contribution in [3.8, 4) is 0 Å². The standard InChI is InChI=1S/C15H23N3O/c16-14-8-13(4-6-17-14)18-7-1-5-15(10-18,11-19)9-12-2-3-12/h4,6,8,12,19H,1-3,5,7,9-11H2,(H2,16,17)/t15-/m0/s1. The van der Waals surface area contributed by atoms with Crippen molar-refractivity contribution in [3.05, 3.63) is 18.3 Å². The molecule has 3 N–H and O–H groups in total. The van der Waals surface area contributed by atoms with Crippen LogP contribution in [0.1, 0.15) is 32.1 Å². The first kappa shape index (κ1) is 12.7. The molecular weight excluding hydrogens is 238 g/mol. The largest absolute Gasteiger partial charge is 0.396 e. The number of anilines is 2. The minimum Gasteiger partial charge on any atom is -0.396 e. The summed E-state index contributed by atoms with van der Waals surface area (Å²) in [5.41, 5.74) is 7.00. The van der Waals surface area contributed by atoms with Crippen molar-refractivity contribution in [1.82, 2.24) is 4.98 Å². The highest BCUT2D eigenvalue weighted by Gasteiger charge is 2.39. The molecule has 0 unspecified atom stereocenters. The van der Waals surface area contributed by atoms with E-state index < -0.39 is 0 Å². The summed E-state index contributed by atoms with van der Waals surface area (Å²) < 4.78 is 0. The van der Waals surface area contributed by atoms with Crippen LogP contribution in [0.15, 0.2) is 18.3 Å². The maximum atomic E-state index is 9.87. The lowest BCUT2D eigenvalue weighted by molar-refractivity contribution is 0.0904. The predicted octanol–water partition coefficient (Wildman–Crippen LogP) is 2.04. The average Bonchev–Trinajstić information content (AvgIpc) is 3.23. The zero-order valence-electron chi connectivity index (χ0n) is 11.4. The van der Waals surface area contributed by atoms with Crippen LogP contribution in [0.3, 0.4) is 0 Å². The van der Waals surface area contributed by atoms with Gasteiger partial charge in [0.1, 0.15) is 5.82 Å². The Bertz CT molecular complexity index is 447. The summed E-state index contributed by atoms with van der Waals surface area (Å²) in [4.78, 5) is 6.41. The summed E-state index contributed by atoms with van der Waals surface area (Å²) in [5, 5.41) is 9.87. The second kappa shape index (κ2) is 5.00. The number of aliphatic hydroxyl groups is 1. The van der Waals surface area contributed by atoms with Gasteiger partial charge in [-0.15, -0.1) is 0 Å². The highest BCUT2D eigenvalue weighted by Crippen LogP contribution is 2.45. The van der Waals surface area contributed by atoms with Crippen molar-refractivity contribution in [3.63, 3.8) is 0 Å². The van der Waals surface area contributed by atoms with Crippen LogP contribution in [-0.2, 0) is 0 Å². The smallest absolute Gasteiger partial charge is 0.125 e. The Kier molecular flexibility index (Phi) is 3.35. The number of nitrogens with zero attached hydrogens (tertiary/aromatic N) is 2. The predicted molar refractivity (Wildman–Crippen MR) is 77.0 cm³/mol. The van der Waals surface area contributed by atoms with Crippen LogP contribution < -0.4 is 10.6 Å². The number of hydrogen-bond acceptors (Lipinski definition) is 4. The minimum atomic E-state index is 0.0947. The SMILES string of the molecule is Nc1cc(N2CCC[C@](CO)(CC3CC3)C2)ccn1. The Morgan fingerprint density at radius 3 is 3.00 bits per heavy atom. The highest BCUT2D eigenvalue weighted by atomic mass is 16.3. The number of nitrogen functional groups attached to an aromatic ring is 1. The molecule has 1 aromatic heterocycles. The molecule has 1 atom stereocenters. The molecular formula is C15H23N3O. The van der Waals surface area contributed by atoms with E-state index in [9.17, 15) is 5.11 Å². The Morgan fingerprint density at radius 1 is 1.47 bits per heavy atom. The molecule has 0 amide bonds. The normalized spacial score (nSPS) is 27.5. The number of rotatable bonds is 4. The lowest BCUT2D eigenvalue weighted by Crippen LogP contribution is -2.45.